The summed E-state index contributed by atoms with van der Waals surface area (Å²) < 4.78 is 29.6. The number of non-ortho nitro benzene ring substituents is 1. The molecule has 0 atom stereocenters. The first-order valence-electron chi connectivity index (χ1n) is 8.62. The van der Waals surface area contributed by atoms with Crippen LogP contribution in [0.1, 0.15) is 15.9 Å². The third-order valence-electron chi connectivity index (χ3n) is 3.91. The highest BCUT2D eigenvalue weighted by atomic mass is 35.5. The van der Waals surface area contributed by atoms with Crippen molar-refractivity contribution in [2.75, 3.05) is 0 Å². The van der Waals surface area contributed by atoms with Gasteiger partial charge in [-0.3, -0.25) is 14.9 Å². The number of nitrogens with zero attached hydrogens (tertiary/aromatic N) is 2. The molecule has 3 rings (SSSR count). The van der Waals surface area contributed by atoms with E-state index in [0.29, 0.717) is 16.1 Å². The molecule has 11 heteroatoms. The van der Waals surface area contributed by atoms with E-state index in [9.17, 15) is 23.3 Å². The Morgan fingerprint density at radius 1 is 1.00 bits per heavy atom. The number of benzene rings is 3. The van der Waals surface area contributed by atoms with Gasteiger partial charge in [0.05, 0.1) is 11.1 Å². The van der Waals surface area contributed by atoms with Crippen LogP contribution in [0.25, 0.3) is 0 Å². The monoisotopic (exact) mass is 459 g/mol. The number of halogens is 1. The van der Waals surface area contributed by atoms with Crippen molar-refractivity contribution in [2.24, 2.45) is 5.10 Å². The Morgan fingerprint density at radius 2 is 1.61 bits per heavy atom. The topological polar surface area (TPSA) is 128 Å². The number of hydrazone groups is 1. The fourth-order valence-electron chi connectivity index (χ4n) is 2.35. The summed E-state index contributed by atoms with van der Waals surface area (Å²) in [6.07, 6.45) is 1.38. The molecule has 0 saturated carbocycles. The summed E-state index contributed by atoms with van der Waals surface area (Å²) in [5.74, 6) is -0.372. The summed E-state index contributed by atoms with van der Waals surface area (Å²) in [7, 11) is -4.15. The Hall–Kier alpha value is -3.76. The van der Waals surface area contributed by atoms with Crippen LogP contribution in [0.2, 0.25) is 5.02 Å². The van der Waals surface area contributed by atoms with E-state index in [0.717, 1.165) is 24.3 Å². The van der Waals surface area contributed by atoms with Gasteiger partial charge in [0.15, 0.2) is 0 Å². The van der Waals surface area contributed by atoms with Crippen molar-refractivity contribution in [2.45, 2.75) is 4.90 Å². The molecule has 0 unspecified atom stereocenters. The molecule has 1 amide bonds. The van der Waals surface area contributed by atoms with E-state index >= 15 is 0 Å². The summed E-state index contributed by atoms with van der Waals surface area (Å²) >= 11 is 5.77. The highest BCUT2D eigenvalue weighted by molar-refractivity contribution is 7.87. The SMILES string of the molecule is O=C(NN=Cc1ccc(OS(=O)(=O)c2ccc([N+](=O)[O-])cc2)cc1)c1ccc(Cl)cc1. The zero-order valence-corrected chi connectivity index (χ0v) is 17.2. The Bertz CT molecular complexity index is 1230. The number of nitro groups is 1. The second kappa shape index (κ2) is 9.37. The van der Waals surface area contributed by atoms with E-state index in [1.807, 2.05) is 0 Å². The van der Waals surface area contributed by atoms with Crippen LogP contribution in [-0.4, -0.2) is 25.5 Å². The molecule has 31 heavy (non-hydrogen) atoms. The first-order valence-corrected chi connectivity index (χ1v) is 10.4. The van der Waals surface area contributed by atoms with E-state index in [4.69, 9.17) is 15.8 Å². The fraction of sp³-hybridized carbons (Fsp3) is 0. The lowest BCUT2D eigenvalue weighted by Gasteiger charge is -2.07. The number of hydrogen-bond acceptors (Lipinski definition) is 7. The van der Waals surface area contributed by atoms with Gasteiger partial charge in [0.25, 0.3) is 11.6 Å². The molecule has 0 fully saturated rings. The highest BCUT2D eigenvalue weighted by Crippen LogP contribution is 2.21. The number of hydrogen-bond donors (Lipinski definition) is 1. The van der Waals surface area contributed by atoms with Crippen LogP contribution in [0.5, 0.6) is 5.75 Å². The zero-order chi connectivity index (χ0) is 22.4. The maximum Gasteiger partial charge on any atom is 0.339 e. The molecule has 3 aromatic carbocycles. The van der Waals surface area contributed by atoms with E-state index in [-0.39, 0.29) is 16.3 Å². The van der Waals surface area contributed by atoms with Gasteiger partial charge in [0.1, 0.15) is 10.6 Å². The zero-order valence-electron chi connectivity index (χ0n) is 15.6. The summed E-state index contributed by atoms with van der Waals surface area (Å²) in [6.45, 7) is 0. The van der Waals surface area contributed by atoms with Gasteiger partial charge in [-0.2, -0.15) is 13.5 Å². The number of nitro benzene ring substituents is 1. The van der Waals surface area contributed by atoms with Crippen molar-refractivity contribution in [3.63, 3.8) is 0 Å². The van der Waals surface area contributed by atoms with Gasteiger partial charge in [-0.05, 0) is 66.2 Å². The number of carbonyl (C=O) groups excluding carboxylic acids is 1. The van der Waals surface area contributed by atoms with Crippen molar-refractivity contribution >= 4 is 39.5 Å². The van der Waals surface area contributed by atoms with Crippen LogP contribution in [0, 0.1) is 10.1 Å². The van der Waals surface area contributed by atoms with Gasteiger partial charge in [0, 0.05) is 22.7 Å². The lowest BCUT2D eigenvalue weighted by Crippen LogP contribution is -2.17. The molecule has 158 valence electrons. The lowest BCUT2D eigenvalue weighted by molar-refractivity contribution is -0.384. The van der Waals surface area contributed by atoms with Crippen molar-refractivity contribution < 1.29 is 22.3 Å². The molecule has 0 spiro atoms. The first-order chi connectivity index (χ1) is 14.7. The van der Waals surface area contributed by atoms with E-state index < -0.39 is 20.9 Å². The Morgan fingerprint density at radius 3 is 2.19 bits per heavy atom. The van der Waals surface area contributed by atoms with Gasteiger partial charge >= 0.3 is 10.1 Å². The summed E-state index contributed by atoms with van der Waals surface area (Å²) in [5, 5.41) is 15.0. The average Bonchev–Trinajstić information content (AvgIpc) is 2.75. The van der Waals surface area contributed by atoms with E-state index in [2.05, 4.69) is 10.5 Å². The largest absolute Gasteiger partial charge is 0.379 e. The maximum atomic E-state index is 12.3. The number of nitrogens with one attached hydrogen (secondary N) is 1. The van der Waals surface area contributed by atoms with Crippen molar-refractivity contribution in [3.05, 3.63) is 99.1 Å². The predicted molar refractivity (Wildman–Crippen MR) is 114 cm³/mol. The summed E-state index contributed by atoms with van der Waals surface area (Å²) in [5.41, 5.74) is 3.11. The molecule has 0 saturated heterocycles. The van der Waals surface area contributed by atoms with Crippen LogP contribution >= 0.6 is 11.6 Å². The van der Waals surface area contributed by atoms with Gasteiger partial charge in [-0.25, -0.2) is 5.43 Å². The molecule has 0 bridgehead atoms. The molecule has 0 aliphatic heterocycles. The van der Waals surface area contributed by atoms with Gasteiger partial charge in [-0.1, -0.05) is 11.6 Å². The van der Waals surface area contributed by atoms with Gasteiger partial charge in [-0.15, -0.1) is 0 Å². The Balaban J connectivity index is 1.61. The molecule has 9 nitrogen and oxygen atoms in total. The molecule has 1 N–H and O–H groups in total. The number of carbonyl (C=O) groups is 1. The maximum absolute atomic E-state index is 12.3. The number of amides is 1. The second-order valence-corrected chi connectivity index (χ2v) is 8.05. The standard InChI is InChI=1S/C20H14ClN3O6S/c21-16-5-3-15(4-6-16)20(25)23-22-13-14-1-9-18(10-2-14)30-31(28,29)19-11-7-17(8-12-19)24(26)27/h1-13H,(H,23,25). The van der Waals surface area contributed by atoms with Crippen LogP contribution in [0.4, 0.5) is 5.69 Å². The minimum atomic E-state index is -4.15. The van der Waals surface area contributed by atoms with Crippen LogP contribution < -0.4 is 9.61 Å². The third kappa shape index (κ3) is 5.87. The van der Waals surface area contributed by atoms with E-state index in [1.165, 1.54) is 18.3 Å². The quantitative estimate of drug-likeness (QED) is 0.248. The lowest BCUT2D eigenvalue weighted by atomic mass is 10.2. The molecule has 0 aromatic heterocycles. The first kappa shape index (κ1) is 21.9. The molecule has 0 aliphatic rings. The van der Waals surface area contributed by atoms with Gasteiger partial charge < -0.3 is 4.18 Å². The Kier molecular flexibility index (Phi) is 6.63. The molecular weight excluding hydrogens is 446 g/mol. The van der Waals surface area contributed by atoms with E-state index in [1.54, 1.807) is 36.4 Å². The van der Waals surface area contributed by atoms with Crippen molar-refractivity contribution in [1.29, 1.82) is 0 Å². The minimum absolute atomic E-state index is 0.0423. The summed E-state index contributed by atoms with van der Waals surface area (Å²) in [6, 6.07) is 16.5. The van der Waals surface area contributed by atoms with Crippen molar-refractivity contribution in [3.8, 4) is 5.75 Å². The Labute approximate surface area is 182 Å². The highest BCUT2D eigenvalue weighted by Gasteiger charge is 2.18. The van der Waals surface area contributed by atoms with Crippen molar-refractivity contribution in [1.82, 2.24) is 5.43 Å². The third-order valence-corrected chi connectivity index (χ3v) is 5.42. The molecule has 0 aliphatic carbocycles. The average molecular weight is 460 g/mol. The molecule has 0 radical (unpaired) electrons. The molecular formula is C20H14ClN3O6S. The van der Waals surface area contributed by atoms with Crippen LogP contribution in [0.15, 0.2) is 82.8 Å². The van der Waals surface area contributed by atoms with Crippen LogP contribution in [0.3, 0.4) is 0 Å². The molecule has 0 heterocycles. The van der Waals surface area contributed by atoms with Crippen LogP contribution in [-0.2, 0) is 10.1 Å². The second-order valence-electron chi connectivity index (χ2n) is 6.06. The smallest absolute Gasteiger partial charge is 0.339 e. The number of rotatable bonds is 7. The predicted octanol–water partition coefficient (Wildman–Crippen LogP) is 3.78. The fourth-order valence-corrected chi connectivity index (χ4v) is 3.41. The molecule has 3 aromatic rings. The summed E-state index contributed by atoms with van der Waals surface area (Å²) in [4.78, 5) is 21.8. The normalized spacial score (nSPS) is 11.3. The van der Waals surface area contributed by atoms with Gasteiger partial charge in [0.2, 0.25) is 0 Å². The minimum Gasteiger partial charge on any atom is -0.379 e.